The third-order valence-corrected chi connectivity index (χ3v) is 4.34. The second kappa shape index (κ2) is 9.84. The molecule has 0 fully saturated rings. The van der Waals surface area contributed by atoms with E-state index >= 15 is 0 Å². The van der Waals surface area contributed by atoms with E-state index in [1.54, 1.807) is 11.7 Å². The summed E-state index contributed by atoms with van der Waals surface area (Å²) in [5, 5.41) is 11.0. The molecule has 1 heterocycles. The summed E-state index contributed by atoms with van der Waals surface area (Å²) in [7, 11) is 3.72. The highest BCUT2D eigenvalue weighted by atomic mass is 15.2. The van der Waals surface area contributed by atoms with Gasteiger partial charge in [0.2, 0.25) is 0 Å². The first-order valence-corrected chi connectivity index (χ1v) is 8.88. The van der Waals surface area contributed by atoms with Crippen LogP contribution in [0.3, 0.4) is 0 Å². The molecule has 0 bridgehead atoms. The van der Waals surface area contributed by atoms with Gasteiger partial charge in [0.1, 0.15) is 0 Å². The van der Waals surface area contributed by atoms with Crippen LogP contribution in [0.5, 0.6) is 0 Å². The zero-order valence-corrected chi connectivity index (χ0v) is 15.7. The fraction of sp³-hybridized carbons (Fsp3) is 0.474. The predicted molar refractivity (Wildman–Crippen MR) is 104 cm³/mol. The van der Waals surface area contributed by atoms with Crippen LogP contribution < -0.4 is 10.6 Å². The van der Waals surface area contributed by atoms with Gasteiger partial charge in [-0.15, -0.1) is 0 Å². The van der Waals surface area contributed by atoms with Crippen molar-refractivity contribution in [2.45, 2.75) is 26.4 Å². The number of nitrogens with one attached hydrogen (secondary N) is 2. The number of hydrogen-bond acceptors (Lipinski definition) is 3. The Hall–Kier alpha value is -2.34. The van der Waals surface area contributed by atoms with Crippen molar-refractivity contribution >= 4 is 5.96 Å². The first-order chi connectivity index (χ1) is 12.2. The summed E-state index contributed by atoms with van der Waals surface area (Å²) in [5.74, 6) is 0.803. The van der Waals surface area contributed by atoms with Crippen LogP contribution in [0.25, 0.3) is 0 Å². The third-order valence-electron chi connectivity index (χ3n) is 4.34. The Morgan fingerprint density at radius 3 is 2.48 bits per heavy atom. The van der Waals surface area contributed by atoms with Gasteiger partial charge in [-0.1, -0.05) is 44.2 Å². The van der Waals surface area contributed by atoms with Gasteiger partial charge in [-0.05, 0) is 18.7 Å². The molecule has 6 heteroatoms. The van der Waals surface area contributed by atoms with Crippen molar-refractivity contribution in [3.05, 3.63) is 53.9 Å². The number of benzene rings is 1. The minimum Gasteiger partial charge on any atom is -0.354 e. The molecule has 136 valence electrons. The molecule has 1 unspecified atom stereocenters. The topological polar surface area (TPSA) is 57.5 Å². The predicted octanol–water partition coefficient (Wildman–Crippen LogP) is 2.17. The van der Waals surface area contributed by atoms with Crippen molar-refractivity contribution in [2.75, 3.05) is 26.7 Å². The zero-order chi connectivity index (χ0) is 18.1. The first-order valence-electron chi connectivity index (χ1n) is 8.88. The Morgan fingerprint density at radius 1 is 1.20 bits per heavy atom. The van der Waals surface area contributed by atoms with Crippen LogP contribution in [0.15, 0.2) is 47.7 Å². The molecule has 6 nitrogen and oxygen atoms in total. The van der Waals surface area contributed by atoms with Crippen molar-refractivity contribution < 1.29 is 0 Å². The number of hydrogen-bond donors (Lipinski definition) is 2. The molecule has 2 rings (SSSR count). The number of aryl methyl sites for hydroxylation is 1. The highest BCUT2D eigenvalue weighted by Gasteiger charge is 2.18. The lowest BCUT2D eigenvalue weighted by atomic mass is 10.1. The van der Waals surface area contributed by atoms with Gasteiger partial charge in [-0.2, -0.15) is 5.10 Å². The zero-order valence-electron chi connectivity index (χ0n) is 15.7. The quantitative estimate of drug-likeness (QED) is 0.570. The van der Waals surface area contributed by atoms with E-state index < -0.39 is 0 Å². The number of guanidine groups is 1. The molecule has 2 N–H and O–H groups in total. The largest absolute Gasteiger partial charge is 0.354 e. The summed E-state index contributed by atoms with van der Waals surface area (Å²) in [5.41, 5.74) is 2.45. The average Bonchev–Trinajstić information content (AvgIpc) is 3.07. The molecule has 1 aromatic carbocycles. The van der Waals surface area contributed by atoms with E-state index in [1.807, 2.05) is 19.4 Å². The summed E-state index contributed by atoms with van der Waals surface area (Å²) in [4.78, 5) is 6.79. The third kappa shape index (κ3) is 5.60. The highest BCUT2D eigenvalue weighted by molar-refractivity contribution is 5.79. The molecular formula is C19H30N6. The smallest absolute Gasteiger partial charge is 0.191 e. The van der Waals surface area contributed by atoms with Gasteiger partial charge in [-0.3, -0.25) is 14.6 Å². The molecule has 1 aromatic heterocycles. The average molecular weight is 342 g/mol. The minimum atomic E-state index is 0.313. The number of aromatic nitrogens is 2. The molecule has 25 heavy (non-hydrogen) atoms. The monoisotopic (exact) mass is 342 g/mol. The molecule has 0 aliphatic rings. The molecule has 0 amide bonds. The SMILES string of the molecule is CCN(CC)C(CNC(=NC)NCc1cnn(C)c1)c1ccccc1. The van der Waals surface area contributed by atoms with Crippen LogP contribution in [-0.2, 0) is 13.6 Å². The summed E-state index contributed by atoms with van der Waals surface area (Å²) in [6, 6.07) is 11.0. The lowest BCUT2D eigenvalue weighted by Gasteiger charge is -2.30. The van der Waals surface area contributed by atoms with E-state index in [0.29, 0.717) is 12.6 Å². The summed E-state index contributed by atoms with van der Waals surface area (Å²) in [6.45, 7) is 7.94. The van der Waals surface area contributed by atoms with Gasteiger partial charge < -0.3 is 10.6 Å². The van der Waals surface area contributed by atoms with E-state index in [-0.39, 0.29) is 0 Å². The second-order valence-corrected chi connectivity index (χ2v) is 5.98. The molecule has 1 atom stereocenters. The molecule has 0 saturated carbocycles. The first kappa shape index (κ1) is 19.0. The van der Waals surface area contributed by atoms with E-state index in [2.05, 4.69) is 69.8 Å². The van der Waals surface area contributed by atoms with Crippen LogP contribution in [0.2, 0.25) is 0 Å². The molecule has 0 saturated heterocycles. The van der Waals surface area contributed by atoms with Crippen molar-refractivity contribution in [1.82, 2.24) is 25.3 Å². The molecule has 0 aliphatic heterocycles. The Kier molecular flexibility index (Phi) is 7.47. The summed E-state index contributed by atoms with van der Waals surface area (Å²) >= 11 is 0. The van der Waals surface area contributed by atoms with Gasteiger partial charge >= 0.3 is 0 Å². The van der Waals surface area contributed by atoms with E-state index in [4.69, 9.17) is 0 Å². The van der Waals surface area contributed by atoms with Crippen LogP contribution in [-0.4, -0.2) is 47.3 Å². The lowest BCUT2D eigenvalue weighted by molar-refractivity contribution is 0.219. The maximum absolute atomic E-state index is 4.34. The van der Waals surface area contributed by atoms with Gasteiger partial charge in [0.25, 0.3) is 0 Å². The summed E-state index contributed by atoms with van der Waals surface area (Å²) < 4.78 is 1.80. The van der Waals surface area contributed by atoms with Crippen LogP contribution in [0, 0.1) is 0 Å². The molecule has 0 radical (unpaired) electrons. The van der Waals surface area contributed by atoms with Crippen LogP contribution >= 0.6 is 0 Å². The normalized spacial score (nSPS) is 13.1. The van der Waals surface area contributed by atoms with Crippen molar-refractivity contribution in [3.8, 4) is 0 Å². The van der Waals surface area contributed by atoms with Crippen molar-refractivity contribution in [1.29, 1.82) is 0 Å². The van der Waals surface area contributed by atoms with Crippen LogP contribution in [0.1, 0.15) is 31.0 Å². The lowest BCUT2D eigenvalue weighted by Crippen LogP contribution is -2.43. The van der Waals surface area contributed by atoms with Crippen LogP contribution in [0.4, 0.5) is 0 Å². The number of nitrogens with zero attached hydrogens (tertiary/aromatic N) is 4. The van der Waals surface area contributed by atoms with Gasteiger partial charge in [-0.25, -0.2) is 0 Å². The number of likely N-dealkylation sites (N-methyl/N-ethyl adjacent to an activating group) is 1. The Bertz CT molecular complexity index is 645. The van der Waals surface area contributed by atoms with E-state index in [9.17, 15) is 0 Å². The maximum Gasteiger partial charge on any atom is 0.191 e. The summed E-state index contributed by atoms with van der Waals surface area (Å²) in [6.07, 6.45) is 3.87. The molecular weight excluding hydrogens is 312 g/mol. The second-order valence-electron chi connectivity index (χ2n) is 5.98. The Morgan fingerprint density at radius 2 is 1.92 bits per heavy atom. The van der Waals surface area contributed by atoms with E-state index in [1.165, 1.54) is 5.56 Å². The minimum absolute atomic E-state index is 0.313. The molecule has 0 aliphatic carbocycles. The maximum atomic E-state index is 4.34. The van der Waals surface area contributed by atoms with Gasteiger partial charge in [0, 0.05) is 38.9 Å². The molecule has 2 aromatic rings. The Balaban J connectivity index is 1.97. The number of aliphatic imine (C=N–C) groups is 1. The number of rotatable bonds is 8. The van der Waals surface area contributed by atoms with Gasteiger partial charge in [0.15, 0.2) is 5.96 Å². The van der Waals surface area contributed by atoms with Crippen molar-refractivity contribution in [3.63, 3.8) is 0 Å². The highest BCUT2D eigenvalue weighted by Crippen LogP contribution is 2.19. The van der Waals surface area contributed by atoms with Gasteiger partial charge in [0.05, 0.1) is 12.2 Å². The van der Waals surface area contributed by atoms with E-state index in [0.717, 1.165) is 31.2 Å². The fourth-order valence-corrected chi connectivity index (χ4v) is 2.96. The van der Waals surface area contributed by atoms with Crippen molar-refractivity contribution in [2.24, 2.45) is 12.0 Å². The standard InChI is InChI=1S/C19H30N6/c1-5-25(6-2)18(17-10-8-7-9-11-17)14-22-19(20-3)21-12-16-13-23-24(4)15-16/h7-11,13,15,18H,5-6,12,14H2,1-4H3,(H2,20,21,22). The molecule has 0 spiro atoms. The Labute approximate surface area is 151 Å². The fourth-order valence-electron chi connectivity index (χ4n) is 2.96.